The predicted octanol–water partition coefficient (Wildman–Crippen LogP) is 3.94. The van der Waals surface area contributed by atoms with Gasteiger partial charge < -0.3 is 5.32 Å². The number of nitrogens with zero attached hydrogens (tertiary/aromatic N) is 2. The summed E-state index contributed by atoms with van der Waals surface area (Å²) in [7, 11) is 0. The normalized spacial score (nSPS) is 12.6. The maximum absolute atomic E-state index is 4.47. The van der Waals surface area contributed by atoms with Gasteiger partial charge in [0.05, 0.1) is 6.20 Å². The highest BCUT2D eigenvalue weighted by molar-refractivity contribution is 5.65. The van der Waals surface area contributed by atoms with Crippen molar-refractivity contribution in [3.63, 3.8) is 0 Å². The van der Waals surface area contributed by atoms with Crippen molar-refractivity contribution in [2.24, 2.45) is 0 Å². The lowest BCUT2D eigenvalue weighted by molar-refractivity contribution is 0.587. The smallest absolute Gasteiger partial charge is 0.0571 e. The third kappa shape index (κ3) is 3.10. The molecule has 0 bridgehead atoms. The number of aryl methyl sites for hydroxylation is 1. The first-order chi connectivity index (χ1) is 9.67. The van der Waals surface area contributed by atoms with E-state index in [0.29, 0.717) is 6.04 Å². The van der Waals surface area contributed by atoms with E-state index in [-0.39, 0.29) is 0 Å². The first kappa shape index (κ1) is 14.8. The summed E-state index contributed by atoms with van der Waals surface area (Å²) >= 11 is 0. The molecule has 1 unspecified atom stereocenters. The molecule has 3 heteroatoms. The van der Waals surface area contributed by atoms with Crippen LogP contribution in [-0.2, 0) is 6.54 Å². The maximum Gasteiger partial charge on any atom is 0.0571 e. The van der Waals surface area contributed by atoms with Gasteiger partial charge in [-0.3, -0.25) is 4.68 Å². The van der Waals surface area contributed by atoms with E-state index in [4.69, 9.17) is 0 Å². The van der Waals surface area contributed by atoms with Crippen LogP contribution in [0.3, 0.4) is 0 Å². The highest BCUT2D eigenvalue weighted by Crippen LogP contribution is 2.25. The van der Waals surface area contributed by atoms with Crippen LogP contribution in [0.25, 0.3) is 11.1 Å². The Kier molecular flexibility index (Phi) is 4.96. The predicted molar refractivity (Wildman–Crippen MR) is 84.8 cm³/mol. The molecule has 20 heavy (non-hydrogen) atoms. The van der Waals surface area contributed by atoms with Crippen LogP contribution in [0.15, 0.2) is 30.5 Å². The average molecular weight is 271 g/mol. The van der Waals surface area contributed by atoms with Gasteiger partial charge in [-0.05, 0) is 37.9 Å². The Bertz CT molecular complexity index is 540. The van der Waals surface area contributed by atoms with Gasteiger partial charge in [-0.25, -0.2) is 0 Å². The number of benzene rings is 1. The summed E-state index contributed by atoms with van der Waals surface area (Å²) in [5.41, 5.74) is 5.06. The highest BCUT2D eigenvalue weighted by atomic mass is 15.3. The molecule has 3 nitrogen and oxygen atoms in total. The third-order valence-electron chi connectivity index (χ3n) is 3.77. The molecule has 0 radical (unpaired) electrons. The van der Waals surface area contributed by atoms with Crippen molar-refractivity contribution in [2.75, 3.05) is 6.54 Å². The van der Waals surface area contributed by atoms with Crippen molar-refractivity contribution in [3.05, 3.63) is 41.7 Å². The Hall–Kier alpha value is -1.61. The van der Waals surface area contributed by atoms with Crippen LogP contribution in [0.4, 0.5) is 0 Å². The van der Waals surface area contributed by atoms with Gasteiger partial charge in [-0.15, -0.1) is 0 Å². The molecule has 2 rings (SSSR count). The molecule has 0 aliphatic carbocycles. The minimum Gasteiger partial charge on any atom is -0.310 e. The number of aromatic nitrogens is 2. The molecule has 1 aromatic heterocycles. The van der Waals surface area contributed by atoms with Crippen LogP contribution < -0.4 is 5.32 Å². The van der Waals surface area contributed by atoms with Crippen LogP contribution in [0.2, 0.25) is 0 Å². The van der Waals surface area contributed by atoms with E-state index in [1.807, 2.05) is 6.20 Å². The Labute approximate surface area is 122 Å². The van der Waals surface area contributed by atoms with Crippen LogP contribution in [0.5, 0.6) is 0 Å². The van der Waals surface area contributed by atoms with E-state index in [9.17, 15) is 0 Å². The van der Waals surface area contributed by atoms with Gasteiger partial charge >= 0.3 is 0 Å². The first-order valence-electron chi connectivity index (χ1n) is 7.53. The van der Waals surface area contributed by atoms with Gasteiger partial charge in [0.25, 0.3) is 0 Å². The molecule has 0 amide bonds. The molecule has 0 saturated carbocycles. The monoisotopic (exact) mass is 271 g/mol. The Morgan fingerprint density at radius 2 is 1.90 bits per heavy atom. The Balaban J connectivity index is 2.21. The third-order valence-corrected chi connectivity index (χ3v) is 3.77. The van der Waals surface area contributed by atoms with E-state index in [0.717, 1.165) is 19.5 Å². The molecular weight excluding hydrogens is 246 g/mol. The summed E-state index contributed by atoms with van der Waals surface area (Å²) in [6.45, 7) is 10.6. The fourth-order valence-electron chi connectivity index (χ4n) is 2.54. The minimum absolute atomic E-state index is 0.401. The van der Waals surface area contributed by atoms with Crippen LogP contribution in [0, 0.1) is 6.92 Å². The van der Waals surface area contributed by atoms with Gasteiger partial charge in [-0.2, -0.15) is 5.10 Å². The SMILES string of the molecule is CCCn1ncc(-c2ccc(C(C)NCC)cc2)c1C. The molecule has 1 atom stereocenters. The van der Waals surface area contributed by atoms with E-state index in [1.165, 1.54) is 22.4 Å². The fourth-order valence-corrected chi connectivity index (χ4v) is 2.54. The summed E-state index contributed by atoms with van der Waals surface area (Å²) in [5, 5.41) is 7.91. The number of rotatable bonds is 6. The lowest BCUT2D eigenvalue weighted by atomic mass is 10.0. The van der Waals surface area contributed by atoms with Crippen molar-refractivity contribution in [2.45, 2.75) is 46.7 Å². The number of hydrogen-bond acceptors (Lipinski definition) is 2. The zero-order valence-corrected chi connectivity index (χ0v) is 13.0. The molecule has 1 heterocycles. The zero-order valence-electron chi connectivity index (χ0n) is 13.0. The number of hydrogen-bond donors (Lipinski definition) is 1. The van der Waals surface area contributed by atoms with E-state index in [1.54, 1.807) is 0 Å². The molecule has 0 aliphatic rings. The largest absolute Gasteiger partial charge is 0.310 e. The van der Waals surface area contributed by atoms with Gasteiger partial charge in [0.2, 0.25) is 0 Å². The first-order valence-corrected chi connectivity index (χ1v) is 7.53. The molecular formula is C17H25N3. The highest BCUT2D eigenvalue weighted by Gasteiger charge is 2.09. The van der Waals surface area contributed by atoms with Crippen molar-refractivity contribution < 1.29 is 0 Å². The van der Waals surface area contributed by atoms with E-state index < -0.39 is 0 Å². The van der Waals surface area contributed by atoms with Crippen molar-refractivity contribution in [3.8, 4) is 11.1 Å². The second kappa shape index (κ2) is 6.71. The molecule has 0 fully saturated rings. The quantitative estimate of drug-likeness (QED) is 0.862. The molecule has 0 spiro atoms. The Morgan fingerprint density at radius 3 is 2.50 bits per heavy atom. The van der Waals surface area contributed by atoms with Crippen molar-refractivity contribution in [1.29, 1.82) is 0 Å². The fraction of sp³-hybridized carbons (Fsp3) is 0.471. The molecule has 0 saturated heterocycles. The van der Waals surface area contributed by atoms with E-state index in [2.05, 4.69) is 67.1 Å². The number of nitrogens with one attached hydrogen (secondary N) is 1. The molecule has 1 N–H and O–H groups in total. The van der Waals surface area contributed by atoms with Crippen molar-refractivity contribution >= 4 is 0 Å². The van der Waals surface area contributed by atoms with Gasteiger partial charge in [-0.1, -0.05) is 38.1 Å². The average Bonchev–Trinajstić information content (AvgIpc) is 2.81. The molecule has 0 aliphatic heterocycles. The van der Waals surface area contributed by atoms with Gasteiger partial charge in [0.15, 0.2) is 0 Å². The summed E-state index contributed by atoms with van der Waals surface area (Å²) < 4.78 is 2.09. The summed E-state index contributed by atoms with van der Waals surface area (Å²) in [6, 6.07) is 9.21. The molecule has 2 aromatic rings. The minimum atomic E-state index is 0.401. The van der Waals surface area contributed by atoms with Crippen LogP contribution in [0.1, 0.15) is 44.5 Å². The zero-order chi connectivity index (χ0) is 14.5. The maximum atomic E-state index is 4.47. The molecule has 1 aromatic carbocycles. The lowest BCUT2D eigenvalue weighted by Gasteiger charge is -2.13. The van der Waals surface area contributed by atoms with Crippen molar-refractivity contribution in [1.82, 2.24) is 15.1 Å². The second-order valence-electron chi connectivity index (χ2n) is 5.27. The van der Waals surface area contributed by atoms with Gasteiger partial charge in [0.1, 0.15) is 0 Å². The lowest BCUT2D eigenvalue weighted by Crippen LogP contribution is -2.17. The standard InChI is InChI=1S/C17H25N3/c1-5-11-20-14(4)17(12-19-20)16-9-7-15(8-10-16)13(3)18-6-2/h7-10,12-13,18H,5-6,11H2,1-4H3. The van der Waals surface area contributed by atoms with E-state index >= 15 is 0 Å². The van der Waals surface area contributed by atoms with Gasteiger partial charge in [0, 0.05) is 23.8 Å². The second-order valence-corrected chi connectivity index (χ2v) is 5.27. The summed E-state index contributed by atoms with van der Waals surface area (Å²) in [5.74, 6) is 0. The topological polar surface area (TPSA) is 29.9 Å². The summed E-state index contributed by atoms with van der Waals surface area (Å²) in [6.07, 6.45) is 3.09. The Morgan fingerprint density at radius 1 is 1.20 bits per heavy atom. The molecule has 108 valence electrons. The van der Waals surface area contributed by atoms with Crippen LogP contribution >= 0.6 is 0 Å². The van der Waals surface area contributed by atoms with Crippen LogP contribution in [-0.4, -0.2) is 16.3 Å². The summed E-state index contributed by atoms with van der Waals surface area (Å²) in [4.78, 5) is 0.